The number of hydrogen-bond donors (Lipinski definition) is 0. The molecule has 0 N–H and O–H groups in total. The van der Waals surface area contributed by atoms with Crippen molar-refractivity contribution in [2.75, 3.05) is 4.90 Å². The van der Waals surface area contributed by atoms with Crippen LogP contribution < -0.4 is 4.90 Å². The number of anilines is 2. The van der Waals surface area contributed by atoms with E-state index >= 15 is 0 Å². The maximum atomic E-state index is 2.60. The molecule has 53 heavy (non-hydrogen) atoms. The Hall–Kier alpha value is -5.14. The van der Waals surface area contributed by atoms with E-state index in [0.717, 1.165) is 0 Å². The third-order valence-electron chi connectivity index (χ3n) is 11.6. The lowest BCUT2D eigenvalue weighted by Gasteiger charge is -2.40. The zero-order valence-electron chi connectivity index (χ0n) is 32.1. The molecule has 1 heteroatoms. The molecule has 4 atom stereocenters. The molecule has 0 fully saturated rings. The molecule has 0 saturated heterocycles. The second-order valence-electron chi connectivity index (χ2n) is 15.2. The largest absolute Gasteiger partial charge is 0.313 e. The molecule has 0 radical (unpaired) electrons. The van der Waals surface area contributed by atoms with Gasteiger partial charge in [-0.05, 0) is 128 Å². The van der Waals surface area contributed by atoms with Crippen LogP contribution in [0.3, 0.4) is 0 Å². The van der Waals surface area contributed by atoms with E-state index in [9.17, 15) is 0 Å². The SMILES string of the molecule is C/C=C(\C)c1ccccc1.CC1=CCCC=C1.CC1C=CC(C2=C3C(CC4CC=CC=C24)c2ccccc2N3c2ccc(-c3ccccc3)cc2)CC1. The quantitative estimate of drug-likeness (QED) is 0.192. The topological polar surface area (TPSA) is 3.24 Å². The highest BCUT2D eigenvalue weighted by molar-refractivity contribution is 5.81. The minimum atomic E-state index is 0.464. The van der Waals surface area contributed by atoms with Gasteiger partial charge in [0.15, 0.2) is 0 Å². The molecule has 0 amide bonds. The van der Waals surface area contributed by atoms with Crippen LogP contribution in [0.15, 0.2) is 186 Å². The molecule has 1 heterocycles. The van der Waals surface area contributed by atoms with E-state index in [1.807, 2.05) is 6.07 Å². The molecule has 4 aliphatic carbocycles. The number of hydrogen-bond acceptors (Lipinski definition) is 1. The first-order valence-electron chi connectivity index (χ1n) is 19.9. The smallest absolute Gasteiger partial charge is 0.0497 e. The molecule has 0 saturated carbocycles. The first-order valence-corrected chi connectivity index (χ1v) is 19.9. The Balaban J connectivity index is 0.000000211. The highest BCUT2D eigenvalue weighted by Gasteiger charge is 2.44. The van der Waals surface area contributed by atoms with Crippen molar-refractivity contribution in [3.8, 4) is 11.1 Å². The average Bonchev–Trinajstić information content (AvgIpc) is 3.55. The fourth-order valence-electron chi connectivity index (χ4n) is 8.54. The number of rotatable bonds is 4. The highest BCUT2D eigenvalue weighted by atomic mass is 15.2. The molecular weight excluding hydrogens is 639 g/mol. The van der Waals surface area contributed by atoms with Gasteiger partial charge in [0.25, 0.3) is 0 Å². The summed E-state index contributed by atoms with van der Waals surface area (Å²) in [7, 11) is 0. The first-order chi connectivity index (χ1) is 26.0. The van der Waals surface area contributed by atoms with Gasteiger partial charge in [-0.25, -0.2) is 0 Å². The summed E-state index contributed by atoms with van der Waals surface area (Å²) in [6.07, 6.45) is 28.2. The minimum Gasteiger partial charge on any atom is -0.313 e. The standard InChI is InChI=1S/C35H33N.C10H12.C7H10/c1-24-15-17-27(18-16-24)34-30-12-6-5-11-28(30)23-32-31-13-7-8-14-33(31)36(35(32)34)29-21-19-26(20-22-29)25-9-3-2-4-10-25;1-3-9(2)10-7-5-4-6-8-10;1-7-5-3-2-4-6-7/h2-10,12-15,17,19-22,24,27-28,32H,11,16,18,23H2,1H3;3-8H,1-2H3;3,5-6H,2,4H2,1H3/b;9-3+;. The van der Waals surface area contributed by atoms with Crippen molar-refractivity contribution in [3.05, 3.63) is 197 Å². The van der Waals surface area contributed by atoms with Crippen LogP contribution >= 0.6 is 0 Å². The molecule has 9 rings (SSSR count). The third kappa shape index (κ3) is 8.26. The molecule has 0 aromatic heterocycles. The fourth-order valence-corrected chi connectivity index (χ4v) is 8.54. The third-order valence-corrected chi connectivity index (χ3v) is 11.6. The van der Waals surface area contributed by atoms with Crippen molar-refractivity contribution >= 4 is 16.9 Å². The van der Waals surface area contributed by atoms with Crippen LogP contribution in [-0.4, -0.2) is 0 Å². The van der Waals surface area contributed by atoms with Crippen LogP contribution in [0.1, 0.15) is 83.3 Å². The number of benzene rings is 4. The molecule has 4 unspecified atom stereocenters. The number of nitrogens with zero attached hydrogens (tertiary/aromatic N) is 1. The minimum absolute atomic E-state index is 0.464. The van der Waals surface area contributed by atoms with Gasteiger partial charge < -0.3 is 4.90 Å². The monoisotopic (exact) mass is 693 g/mol. The first kappa shape index (κ1) is 36.2. The Labute approximate surface area is 319 Å². The molecule has 1 nitrogen and oxygen atoms in total. The van der Waals surface area contributed by atoms with E-state index in [1.54, 1.807) is 11.1 Å². The second kappa shape index (κ2) is 17.1. The highest BCUT2D eigenvalue weighted by Crippen LogP contribution is 2.58. The molecule has 0 bridgehead atoms. The van der Waals surface area contributed by atoms with Crippen molar-refractivity contribution in [2.24, 2.45) is 17.8 Å². The van der Waals surface area contributed by atoms with Crippen molar-refractivity contribution in [3.63, 3.8) is 0 Å². The molecule has 1 aliphatic heterocycles. The number of para-hydroxylation sites is 1. The molecule has 4 aromatic carbocycles. The zero-order valence-corrected chi connectivity index (χ0v) is 32.1. The summed E-state index contributed by atoms with van der Waals surface area (Å²) in [6.45, 7) is 8.67. The zero-order chi connectivity index (χ0) is 36.6. The van der Waals surface area contributed by atoms with E-state index in [1.165, 1.54) is 89.0 Å². The van der Waals surface area contributed by atoms with E-state index in [-0.39, 0.29) is 0 Å². The number of allylic oxidation sites excluding steroid dienone is 14. The summed E-state index contributed by atoms with van der Waals surface area (Å²) < 4.78 is 0. The van der Waals surface area contributed by atoms with Gasteiger partial charge in [-0.3, -0.25) is 0 Å². The predicted octanol–water partition coefficient (Wildman–Crippen LogP) is 14.7. The summed E-state index contributed by atoms with van der Waals surface area (Å²) in [6, 6.07) is 39.5. The average molecular weight is 694 g/mol. The van der Waals surface area contributed by atoms with Gasteiger partial charge in [0, 0.05) is 28.9 Å². The summed E-state index contributed by atoms with van der Waals surface area (Å²) >= 11 is 0. The fraction of sp³-hybridized carbons (Fsp3) is 0.269. The molecule has 4 aromatic rings. The van der Waals surface area contributed by atoms with Crippen molar-refractivity contribution < 1.29 is 0 Å². The van der Waals surface area contributed by atoms with E-state index < -0.39 is 0 Å². The van der Waals surface area contributed by atoms with Crippen LogP contribution in [-0.2, 0) is 0 Å². The van der Waals surface area contributed by atoms with Crippen molar-refractivity contribution in [1.82, 2.24) is 0 Å². The van der Waals surface area contributed by atoms with Crippen LogP contribution in [0.5, 0.6) is 0 Å². The lowest BCUT2D eigenvalue weighted by atomic mass is 9.67. The van der Waals surface area contributed by atoms with Crippen LogP contribution in [0.2, 0.25) is 0 Å². The van der Waals surface area contributed by atoms with Crippen LogP contribution in [0.4, 0.5) is 11.4 Å². The normalized spacial score (nSPS) is 22.6. The van der Waals surface area contributed by atoms with Gasteiger partial charge in [0.2, 0.25) is 0 Å². The molecule has 5 aliphatic rings. The summed E-state index contributed by atoms with van der Waals surface area (Å²) in [5, 5.41) is 0. The maximum Gasteiger partial charge on any atom is 0.0497 e. The van der Waals surface area contributed by atoms with E-state index in [0.29, 0.717) is 23.7 Å². The summed E-state index contributed by atoms with van der Waals surface area (Å²) in [4.78, 5) is 2.60. The van der Waals surface area contributed by atoms with Crippen LogP contribution in [0, 0.1) is 17.8 Å². The molecule has 268 valence electrons. The lowest BCUT2D eigenvalue weighted by molar-refractivity contribution is 0.459. The Morgan fingerprint density at radius 1 is 0.755 bits per heavy atom. The summed E-state index contributed by atoms with van der Waals surface area (Å²) in [5.41, 5.74) is 15.5. The van der Waals surface area contributed by atoms with Gasteiger partial charge in [-0.1, -0.05) is 158 Å². The van der Waals surface area contributed by atoms with Gasteiger partial charge in [0.05, 0.1) is 0 Å². The Morgan fingerprint density at radius 2 is 1.47 bits per heavy atom. The lowest BCUT2D eigenvalue weighted by Crippen LogP contribution is -2.29. The second-order valence-corrected chi connectivity index (χ2v) is 15.2. The Kier molecular flexibility index (Phi) is 11.7. The van der Waals surface area contributed by atoms with E-state index in [2.05, 4.69) is 190 Å². The van der Waals surface area contributed by atoms with Crippen molar-refractivity contribution in [1.29, 1.82) is 0 Å². The van der Waals surface area contributed by atoms with E-state index in [4.69, 9.17) is 0 Å². The number of fused-ring (bicyclic) bond motifs is 4. The van der Waals surface area contributed by atoms with Crippen molar-refractivity contribution in [2.45, 2.75) is 72.1 Å². The maximum absolute atomic E-state index is 2.60. The van der Waals surface area contributed by atoms with Crippen LogP contribution in [0.25, 0.3) is 16.7 Å². The molecule has 0 spiro atoms. The summed E-state index contributed by atoms with van der Waals surface area (Å²) in [5.74, 6) is 2.27. The Bertz CT molecular complexity index is 2070. The van der Waals surface area contributed by atoms with Gasteiger partial charge >= 0.3 is 0 Å². The predicted molar refractivity (Wildman–Crippen MR) is 229 cm³/mol. The Morgan fingerprint density at radius 3 is 2.13 bits per heavy atom. The van der Waals surface area contributed by atoms with Gasteiger partial charge in [0.1, 0.15) is 0 Å². The van der Waals surface area contributed by atoms with Gasteiger partial charge in [-0.2, -0.15) is 0 Å². The molecular formula is C52H55N. The van der Waals surface area contributed by atoms with Gasteiger partial charge in [-0.15, -0.1) is 0 Å².